The van der Waals surface area contributed by atoms with E-state index in [0.717, 1.165) is 29.9 Å². The quantitative estimate of drug-likeness (QED) is 0.793. The van der Waals surface area contributed by atoms with Gasteiger partial charge in [-0.15, -0.1) is 0 Å². The fourth-order valence-corrected chi connectivity index (χ4v) is 2.57. The highest BCUT2D eigenvalue weighted by Crippen LogP contribution is 2.25. The molecule has 0 aliphatic heterocycles. The normalized spacial score (nSPS) is 11.0. The Labute approximate surface area is 135 Å². The summed E-state index contributed by atoms with van der Waals surface area (Å²) < 4.78 is 6.93. The van der Waals surface area contributed by atoms with Crippen molar-refractivity contribution in [2.45, 2.75) is 20.0 Å². The summed E-state index contributed by atoms with van der Waals surface area (Å²) in [5, 5.41) is 9.06. The van der Waals surface area contributed by atoms with Crippen LogP contribution >= 0.6 is 23.2 Å². The molecule has 1 heterocycles. The first-order valence-corrected chi connectivity index (χ1v) is 7.53. The zero-order valence-electron chi connectivity index (χ0n) is 12.2. The second-order valence-corrected chi connectivity index (χ2v) is 5.60. The standard InChI is InChI=1S/C15H19Cl2N3O/c1-11-12(8-18-6-7-21-2)9-19-20(11)10-13-14(16)4-3-5-15(13)17/h3-5,9,18H,6-8,10H2,1-2H3. The lowest BCUT2D eigenvalue weighted by atomic mass is 10.2. The Morgan fingerprint density at radius 3 is 2.67 bits per heavy atom. The lowest BCUT2D eigenvalue weighted by Gasteiger charge is -2.09. The lowest BCUT2D eigenvalue weighted by Crippen LogP contribution is -2.19. The number of ether oxygens (including phenoxy) is 1. The van der Waals surface area contributed by atoms with Crippen molar-refractivity contribution < 1.29 is 4.74 Å². The molecule has 0 amide bonds. The zero-order chi connectivity index (χ0) is 15.2. The van der Waals surface area contributed by atoms with Gasteiger partial charge in [0.25, 0.3) is 0 Å². The van der Waals surface area contributed by atoms with Gasteiger partial charge in [0.05, 0.1) is 19.3 Å². The molecular weight excluding hydrogens is 309 g/mol. The van der Waals surface area contributed by atoms with Gasteiger partial charge < -0.3 is 10.1 Å². The van der Waals surface area contributed by atoms with Crippen LogP contribution in [0.3, 0.4) is 0 Å². The first-order valence-electron chi connectivity index (χ1n) is 6.77. The van der Waals surface area contributed by atoms with E-state index in [1.54, 1.807) is 7.11 Å². The zero-order valence-corrected chi connectivity index (χ0v) is 13.7. The predicted octanol–water partition coefficient (Wildman–Crippen LogP) is 3.28. The van der Waals surface area contributed by atoms with E-state index in [0.29, 0.717) is 23.2 Å². The minimum absolute atomic E-state index is 0.572. The van der Waals surface area contributed by atoms with E-state index in [1.807, 2.05) is 36.0 Å². The van der Waals surface area contributed by atoms with E-state index in [1.165, 1.54) is 0 Å². The summed E-state index contributed by atoms with van der Waals surface area (Å²) in [5.74, 6) is 0. The lowest BCUT2D eigenvalue weighted by molar-refractivity contribution is 0.199. The molecule has 0 radical (unpaired) electrons. The number of methoxy groups -OCH3 is 1. The van der Waals surface area contributed by atoms with E-state index < -0.39 is 0 Å². The van der Waals surface area contributed by atoms with Crippen molar-refractivity contribution in [3.8, 4) is 0 Å². The molecule has 1 N–H and O–H groups in total. The molecule has 4 nitrogen and oxygen atoms in total. The maximum atomic E-state index is 6.21. The molecule has 2 aromatic rings. The Balaban J connectivity index is 2.06. The van der Waals surface area contributed by atoms with Crippen molar-refractivity contribution in [2.24, 2.45) is 0 Å². The highest BCUT2D eigenvalue weighted by molar-refractivity contribution is 6.35. The van der Waals surface area contributed by atoms with Crippen molar-refractivity contribution in [1.29, 1.82) is 0 Å². The second-order valence-electron chi connectivity index (χ2n) is 4.78. The Morgan fingerprint density at radius 2 is 2.00 bits per heavy atom. The molecule has 21 heavy (non-hydrogen) atoms. The van der Waals surface area contributed by atoms with Gasteiger partial charge in [-0.1, -0.05) is 29.3 Å². The van der Waals surface area contributed by atoms with E-state index >= 15 is 0 Å². The first kappa shape index (κ1) is 16.3. The molecule has 0 fully saturated rings. The molecule has 1 aromatic carbocycles. The smallest absolute Gasteiger partial charge is 0.0691 e. The molecule has 0 aliphatic rings. The van der Waals surface area contributed by atoms with Gasteiger partial charge in [0, 0.05) is 47.1 Å². The number of nitrogens with one attached hydrogen (secondary N) is 1. The van der Waals surface area contributed by atoms with Gasteiger partial charge in [0.1, 0.15) is 0 Å². The van der Waals surface area contributed by atoms with Gasteiger partial charge in [-0.3, -0.25) is 4.68 Å². The van der Waals surface area contributed by atoms with Gasteiger partial charge in [0.2, 0.25) is 0 Å². The number of rotatable bonds is 7. The van der Waals surface area contributed by atoms with E-state index in [4.69, 9.17) is 27.9 Å². The molecule has 2 rings (SSSR count). The van der Waals surface area contributed by atoms with Crippen molar-refractivity contribution in [2.75, 3.05) is 20.3 Å². The van der Waals surface area contributed by atoms with Gasteiger partial charge in [-0.25, -0.2) is 0 Å². The molecule has 0 saturated heterocycles. The van der Waals surface area contributed by atoms with Gasteiger partial charge in [-0.2, -0.15) is 5.10 Å². The second kappa shape index (κ2) is 7.80. The van der Waals surface area contributed by atoms with Crippen molar-refractivity contribution >= 4 is 23.2 Å². The molecule has 0 saturated carbocycles. The summed E-state index contributed by atoms with van der Waals surface area (Å²) in [5.41, 5.74) is 3.16. The van der Waals surface area contributed by atoms with Crippen molar-refractivity contribution in [3.05, 3.63) is 51.3 Å². The molecule has 0 atom stereocenters. The van der Waals surface area contributed by atoms with Crippen LogP contribution in [0.25, 0.3) is 0 Å². The monoisotopic (exact) mass is 327 g/mol. The number of benzene rings is 1. The van der Waals surface area contributed by atoms with Crippen LogP contribution in [0.5, 0.6) is 0 Å². The van der Waals surface area contributed by atoms with Crippen LogP contribution < -0.4 is 5.32 Å². The molecular formula is C15H19Cl2N3O. The highest BCUT2D eigenvalue weighted by atomic mass is 35.5. The van der Waals surface area contributed by atoms with E-state index in [-0.39, 0.29) is 0 Å². The highest BCUT2D eigenvalue weighted by Gasteiger charge is 2.10. The Kier molecular flexibility index (Phi) is 6.06. The largest absolute Gasteiger partial charge is 0.383 e. The van der Waals surface area contributed by atoms with Crippen molar-refractivity contribution in [3.63, 3.8) is 0 Å². The topological polar surface area (TPSA) is 39.1 Å². The van der Waals surface area contributed by atoms with Crippen LogP contribution in [-0.4, -0.2) is 30.0 Å². The summed E-state index contributed by atoms with van der Waals surface area (Å²) in [6.07, 6.45) is 1.87. The summed E-state index contributed by atoms with van der Waals surface area (Å²) in [6, 6.07) is 5.53. The van der Waals surface area contributed by atoms with Crippen LogP contribution in [-0.2, 0) is 17.8 Å². The average molecular weight is 328 g/mol. The third-order valence-electron chi connectivity index (χ3n) is 3.37. The molecule has 0 unspecified atom stereocenters. The first-order chi connectivity index (χ1) is 10.1. The SMILES string of the molecule is COCCNCc1cnn(Cc2c(Cl)cccc2Cl)c1C. The molecule has 0 spiro atoms. The fourth-order valence-electron chi connectivity index (χ4n) is 2.05. The Morgan fingerprint density at radius 1 is 1.29 bits per heavy atom. The minimum Gasteiger partial charge on any atom is -0.383 e. The molecule has 1 aromatic heterocycles. The third kappa shape index (κ3) is 4.20. The summed E-state index contributed by atoms with van der Waals surface area (Å²) in [7, 11) is 1.69. The van der Waals surface area contributed by atoms with Crippen molar-refractivity contribution in [1.82, 2.24) is 15.1 Å². The van der Waals surface area contributed by atoms with E-state index in [2.05, 4.69) is 10.4 Å². The molecule has 0 bridgehead atoms. The van der Waals surface area contributed by atoms with Crippen LogP contribution in [0.4, 0.5) is 0 Å². The minimum atomic E-state index is 0.572. The predicted molar refractivity (Wildman–Crippen MR) is 86.1 cm³/mol. The summed E-state index contributed by atoms with van der Waals surface area (Å²) in [6.45, 7) is 4.90. The Bertz CT molecular complexity index is 578. The Hall–Kier alpha value is -1.07. The van der Waals surface area contributed by atoms with E-state index in [9.17, 15) is 0 Å². The van der Waals surface area contributed by atoms with Crippen LogP contribution in [0.15, 0.2) is 24.4 Å². The maximum absolute atomic E-state index is 6.21. The van der Waals surface area contributed by atoms with Crippen LogP contribution in [0.2, 0.25) is 10.0 Å². The number of halogens is 2. The third-order valence-corrected chi connectivity index (χ3v) is 4.08. The fraction of sp³-hybridized carbons (Fsp3) is 0.400. The maximum Gasteiger partial charge on any atom is 0.0691 e. The number of hydrogen-bond donors (Lipinski definition) is 1. The molecule has 0 aliphatic carbocycles. The number of aromatic nitrogens is 2. The van der Waals surface area contributed by atoms with Crippen LogP contribution in [0.1, 0.15) is 16.8 Å². The van der Waals surface area contributed by atoms with Crippen LogP contribution in [0, 0.1) is 6.92 Å². The number of hydrogen-bond acceptors (Lipinski definition) is 3. The van der Waals surface area contributed by atoms with Gasteiger partial charge >= 0.3 is 0 Å². The number of nitrogens with zero attached hydrogens (tertiary/aromatic N) is 2. The summed E-state index contributed by atoms with van der Waals surface area (Å²) in [4.78, 5) is 0. The van der Waals surface area contributed by atoms with Gasteiger partial charge in [-0.05, 0) is 19.1 Å². The van der Waals surface area contributed by atoms with Gasteiger partial charge in [0.15, 0.2) is 0 Å². The average Bonchev–Trinajstić information content (AvgIpc) is 2.80. The molecule has 114 valence electrons. The molecule has 6 heteroatoms. The summed E-state index contributed by atoms with van der Waals surface area (Å²) >= 11 is 12.4.